The maximum absolute atomic E-state index is 9.12. The number of aromatic nitrogens is 2. The number of morpholine rings is 1. The minimum Gasteiger partial charge on any atom is -0.394 e. The Kier molecular flexibility index (Phi) is 4.05. The van der Waals surface area contributed by atoms with Crippen molar-refractivity contribution in [2.45, 2.75) is 13.0 Å². The third-order valence-corrected chi connectivity index (χ3v) is 2.93. The maximum atomic E-state index is 9.12. The Morgan fingerprint density at radius 3 is 3.11 bits per heavy atom. The SMILES string of the molecule is Cc1cc(C(N)=S)nc(N2CCOC(CO)C2)n1. The van der Waals surface area contributed by atoms with E-state index in [4.69, 9.17) is 27.8 Å². The predicted molar refractivity (Wildman–Crippen MR) is 71.7 cm³/mol. The first-order chi connectivity index (χ1) is 8.60. The number of nitrogens with zero attached hydrogens (tertiary/aromatic N) is 3. The van der Waals surface area contributed by atoms with Crippen LogP contribution < -0.4 is 10.6 Å². The molecule has 0 spiro atoms. The molecule has 1 saturated heterocycles. The molecule has 1 fully saturated rings. The number of nitrogens with two attached hydrogens (primary N) is 1. The average Bonchev–Trinajstić information content (AvgIpc) is 2.38. The van der Waals surface area contributed by atoms with Crippen LogP contribution in [0.4, 0.5) is 5.95 Å². The first-order valence-electron chi connectivity index (χ1n) is 5.73. The molecule has 98 valence electrons. The third-order valence-electron chi connectivity index (χ3n) is 2.72. The Hall–Kier alpha value is -1.31. The quantitative estimate of drug-likeness (QED) is 0.723. The van der Waals surface area contributed by atoms with E-state index in [1.165, 1.54) is 0 Å². The van der Waals surface area contributed by atoms with Crippen molar-refractivity contribution in [3.8, 4) is 0 Å². The molecule has 2 heterocycles. The highest BCUT2D eigenvalue weighted by Gasteiger charge is 2.22. The Morgan fingerprint density at radius 2 is 2.44 bits per heavy atom. The van der Waals surface area contributed by atoms with Crippen molar-refractivity contribution >= 4 is 23.2 Å². The third kappa shape index (κ3) is 2.92. The van der Waals surface area contributed by atoms with Gasteiger partial charge in [0.1, 0.15) is 10.7 Å². The number of hydrogen-bond acceptors (Lipinski definition) is 6. The number of aryl methyl sites for hydroxylation is 1. The van der Waals surface area contributed by atoms with E-state index in [1.54, 1.807) is 6.07 Å². The molecule has 6 nitrogen and oxygen atoms in total. The molecule has 0 saturated carbocycles. The van der Waals surface area contributed by atoms with Crippen LogP contribution in [0.25, 0.3) is 0 Å². The van der Waals surface area contributed by atoms with Crippen molar-refractivity contribution in [1.82, 2.24) is 9.97 Å². The highest BCUT2D eigenvalue weighted by molar-refractivity contribution is 7.80. The summed E-state index contributed by atoms with van der Waals surface area (Å²) >= 11 is 4.93. The van der Waals surface area contributed by atoms with Gasteiger partial charge >= 0.3 is 0 Å². The van der Waals surface area contributed by atoms with Gasteiger partial charge in [0.15, 0.2) is 0 Å². The lowest BCUT2D eigenvalue weighted by atomic mass is 10.3. The second-order valence-electron chi connectivity index (χ2n) is 4.18. The molecule has 1 aromatic rings. The van der Waals surface area contributed by atoms with Gasteiger partial charge in [0.2, 0.25) is 5.95 Å². The molecule has 1 aliphatic heterocycles. The number of aliphatic hydroxyl groups is 1. The second-order valence-corrected chi connectivity index (χ2v) is 4.62. The number of ether oxygens (including phenoxy) is 1. The van der Waals surface area contributed by atoms with Gasteiger partial charge in [-0.15, -0.1) is 0 Å². The molecule has 0 amide bonds. The van der Waals surface area contributed by atoms with Crippen molar-refractivity contribution in [3.05, 3.63) is 17.5 Å². The maximum Gasteiger partial charge on any atom is 0.226 e. The molecule has 1 aromatic heterocycles. The number of anilines is 1. The fourth-order valence-electron chi connectivity index (χ4n) is 1.83. The zero-order chi connectivity index (χ0) is 13.1. The molecule has 1 atom stereocenters. The molecule has 0 aromatic carbocycles. The van der Waals surface area contributed by atoms with E-state index in [0.29, 0.717) is 31.3 Å². The molecule has 0 radical (unpaired) electrons. The van der Waals surface area contributed by atoms with Gasteiger partial charge in [-0.2, -0.15) is 0 Å². The van der Waals surface area contributed by atoms with Crippen molar-refractivity contribution in [3.63, 3.8) is 0 Å². The molecule has 1 aliphatic rings. The molecule has 0 aliphatic carbocycles. The van der Waals surface area contributed by atoms with Gasteiger partial charge in [-0.25, -0.2) is 9.97 Å². The summed E-state index contributed by atoms with van der Waals surface area (Å²) in [6.45, 7) is 3.67. The fraction of sp³-hybridized carbons (Fsp3) is 0.545. The number of thiocarbonyl (C=S) groups is 1. The van der Waals surface area contributed by atoms with Gasteiger partial charge in [0, 0.05) is 18.8 Å². The van der Waals surface area contributed by atoms with Crippen molar-refractivity contribution in [2.75, 3.05) is 31.2 Å². The van der Waals surface area contributed by atoms with Gasteiger partial charge in [-0.05, 0) is 13.0 Å². The highest BCUT2D eigenvalue weighted by Crippen LogP contribution is 2.14. The monoisotopic (exact) mass is 268 g/mol. The Bertz CT molecular complexity index is 455. The fourth-order valence-corrected chi connectivity index (χ4v) is 1.94. The van der Waals surface area contributed by atoms with E-state index in [9.17, 15) is 0 Å². The Morgan fingerprint density at radius 1 is 1.67 bits per heavy atom. The van der Waals surface area contributed by atoms with Crippen LogP contribution in [0.2, 0.25) is 0 Å². The molecule has 7 heteroatoms. The van der Waals surface area contributed by atoms with Crippen LogP contribution in [-0.2, 0) is 4.74 Å². The van der Waals surface area contributed by atoms with E-state index in [2.05, 4.69) is 9.97 Å². The number of aliphatic hydroxyl groups excluding tert-OH is 1. The van der Waals surface area contributed by atoms with E-state index < -0.39 is 0 Å². The van der Waals surface area contributed by atoms with Crippen molar-refractivity contribution in [2.24, 2.45) is 5.73 Å². The summed E-state index contributed by atoms with van der Waals surface area (Å²) in [5.74, 6) is 0.583. The molecular weight excluding hydrogens is 252 g/mol. The Labute approximate surface area is 111 Å². The second kappa shape index (κ2) is 5.55. The van der Waals surface area contributed by atoms with Gasteiger partial charge in [0.05, 0.1) is 19.3 Å². The number of hydrogen-bond donors (Lipinski definition) is 2. The molecule has 1 unspecified atom stereocenters. The lowest BCUT2D eigenvalue weighted by Gasteiger charge is -2.32. The van der Waals surface area contributed by atoms with Crippen molar-refractivity contribution in [1.29, 1.82) is 0 Å². The summed E-state index contributed by atoms with van der Waals surface area (Å²) in [5, 5.41) is 9.12. The number of rotatable bonds is 3. The molecule has 3 N–H and O–H groups in total. The van der Waals surface area contributed by atoms with Crippen LogP contribution in [0, 0.1) is 6.92 Å². The largest absolute Gasteiger partial charge is 0.394 e. The minimum atomic E-state index is -0.198. The van der Waals surface area contributed by atoms with E-state index >= 15 is 0 Å². The van der Waals surface area contributed by atoms with Gasteiger partial charge in [-0.1, -0.05) is 12.2 Å². The van der Waals surface area contributed by atoms with Gasteiger partial charge in [0.25, 0.3) is 0 Å². The summed E-state index contributed by atoms with van der Waals surface area (Å²) in [5.41, 5.74) is 6.98. The summed E-state index contributed by atoms with van der Waals surface area (Å²) in [7, 11) is 0. The van der Waals surface area contributed by atoms with Crippen molar-refractivity contribution < 1.29 is 9.84 Å². The summed E-state index contributed by atoms with van der Waals surface area (Å²) < 4.78 is 5.39. The lowest BCUT2D eigenvalue weighted by molar-refractivity contribution is 0.00313. The average molecular weight is 268 g/mol. The minimum absolute atomic E-state index is 0.00945. The topological polar surface area (TPSA) is 84.5 Å². The van der Waals surface area contributed by atoms with E-state index in [0.717, 1.165) is 5.69 Å². The van der Waals surface area contributed by atoms with Gasteiger partial charge in [-0.3, -0.25) is 0 Å². The van der Waals surface area contributed by atoms with E-state index in [-0.39, 0.29) is 17.7 Å². The van der Waals surface area contributed by atoms with Crippen LogP contribution in [0.15, 0.2) is 6.07 Å². The molecule has 0 bridgehead atoms. The van der Waals surface area contributed by atoms with Gasteiger partial charge < -0.3 is 20.5 Å². The van der Waals surface area contributed by atoms with Crippen LogP contribution in [-0.4, -0.2) is 52.5 Å². The summed E-state index contributed by atoms with van der Waals surface area (Å²) in [6.07, 6.45) is -0.198. The predicted octanol–water partition coefficient (Wildman–Crippen LogP) is -0.383. The highest BCUT2D eigenvalue weighted by atomic mass is 32.1. The zero-order valence-corrected chi connectivity index (χ0v) is 11.0. The smallest absolute Gasteiger partial charge is 0.226 e. The first-order valence-corrected chi connectivity index (χ1v) is 6.14. The van der Waals surface area contributed by atoms with Crippen LogP contribution in [0.1, 0.15) is 11.4 Å². The summed E-state index contributed by atoms with van der Waals surface area (Å²) in [6, 6.07) is 1.76. The standard InChI is InChI=1S/C11H16N4O2S/c1-7-4-9(10(12)18)14-11(13-7)15-2-3-17-8(5-15)6-16/h4,8,16H,2-3,5-6H2,1H3,(H2,12,18). The van der Waals surface area contributed by atoms with Crippen LogP contribution in [0.3, 0.4) is 0 Å². The summed E-state index contributed by atoms with van der Waals surface area (Å²) in [4.78, 5) is 10.9. The normalized spacial score (nSPS) is 19.9. The lowest BCUT2D eigenvalue weighted by Crippen LogP contribution is -2.45. The molecule has 2 rings (SSSR count). The zero-order valence-electron chi connectivity index (χ0n) is 10.2. The van der Waals surface area contributed by atoms with Crippen LogP contribution in [0.5, 0.6) is 0 Å². The molecular formula is C11H16N4O2S. The Balaban J connectivity index is 2.24. The first kappa shape index (κ1) is 13.1. The van der Waals surface area contributed by atoms with Crippen LogP contribution >= 0.6 is 12.2 Å². The molecule has 18 heavy (non-hydrogen) atoms. The van der Waals surface area contributed by atoms with E-state index in [1.807, 2.05) is 11.8 Å².